The van der Waals surface area contributed by atoms with E-state index in [1.54, 1.807) is 0 Å². The van der Waals surface area contributed by atoms with E-state index in [2.05, 4.69) is 26.0 Å². The molecule has 3 N–H and O–H groups in total. The molecule has 0 rings (SSSR count). The van der Waals surface area contributed by atoms with Crippen LogP contribution in [-0.4, -0.2) is 65.7 Å². The van der Waals surface area contributed by atoms with Crippen LogP contribution in [0.2, 0.25) is 0 Å². The van der Waals surface area contributed by atoms with Crippen LogP contribution < -0.4 is 0 Å². The van der Waals surface area contributed by atoms with Crippen LogP contribution in [0.3, 0.4) is 0 Å². The number of phosphoric ester groups is 1. The number of rotatable bonds is 46. The Morgan fingerprint density at radius 2 is 0.845 bits per heavy atom. The standard InChI is InChI=1S/C47H91O10P/c1-3-5-7-9-11-13-15-17-19-20-21-22-23-24-25-27-28-30-32-34-36-38-46(50)54-42-45(43-56-58(52,53)55-41-44(49)40-48)57-47(51)39-37-35-33-31-29-26-18-16-14-12-10-8-6-4-2/h16,18,44-45,48-49H,3-15,17,19-43H2,1-2H3,(H,52,53)/b18-16+/t44-,45+/m1/s1. The number of ether oxygens (including phenoxy) is 2. The lowest BCUT2D eigenvalue weighted by atomic mass is 10.0. The van der Waals surface area contributed by atoms with Gasteiger partial charge in [0.1, 0.15) is 12.7 Å². The molecule has 0 bridgehead atoms. The summed E-state index contributed by atoms with van der Waals surface area (Å²) in [6, 6.07) is 0. The average Bonchev–Trinajstić information content (AvgIpc) is 3.21. The molecular formula is C47H91O10P. The van der Waals surface area contributed by atoms with E-state index in [4.69, 9.17) is 23.6 Å². The molecule has 10 nitrogen and oxygen atoms in total. The first-order chi connectivity index (χ1) is 28.2. The molecule has 11 heteroatoms. The first-order valence-electron chi connectivity index (χ1n) is 24.1. The second-order valence-corrected chi connectivity index (χ2v) is 17.9. The van der Waals surface area contributed by atoms with Crippen molar-refractivity contribution in [3.05, 3.63) is 12.2 Å². The molecule has 0 aromatic heterocycles. The minimum atomic E-state index is -4.62. The smallest absolute Gasteiger partial charge is 0.462 e. The summed E-state index contributed by atoms with van der Waals surface area (Å²) in [5, 5.41) is 18.4. The highest BCUT2D eigenvalue weighted by Gasteiger charge is 2.27. The van der Waals surface area contributed by atoms with Crippen LogP contribution in [0.25, 0.3) is 0 Å². The van der Waals surface area contributed by atoms with Gasteiger partial charge in [-0.2, -0.15) is 0 Å². The predicted molar refractivity (Wildman–Crippen MR) is 238 cm³/mol. The van der Waals surface area contributed by atoms with Crippen LogP contribution in [0.1, 0.15) is 239 Å². The molecule has 58 heavy (non-hydrogen) atoms. The van der Waals surface area contributed by atoms with Crippen molar-refractivity contribution in [2.24, 2.45) is 0 Å². The van der Waals surface area contributed by atoms with E-state index in [0.29, 0.717) is 12.8 Å². The number of unbranched alkanes of at least 4 members (excludes halogenated alkanes) is 30. The SMILES string of the molecule is CCCCCCC/C=C/CCCCCCCC(=O)O[C@@H](COC(=O)CCCCCCCCCCCCCCCCCCCCCCC)COP(=O)(O)OC[C@H](O)CO. The van der Waals surface area contributed by atoms with Gasteiger partial charge in [0.15, 0.2) is 6.10 Å². The Labute approximate surface area is 356 Å². The number of phosphoric acid groups is 1. The molecule has 0 saturated carbocycles. The van der Waals surface area contributed by atoms with Gasteiger partial charge < -0.3 is 24.6 Å². The Morgan fingerprint density at radius 1 is 0.500 bits per heavy atom. The third-order valence-corrected chi connectivity index (χ3v) is 11.6. The fraction of sp³-hybridized carbons (Fsp3) is 0.915. The van der Waals surface area contributed by atoms with Crippen molar-refractivity contribution in [1.29, 1.82) is 0 Å². The van der Waals surface area contributed by atoms with Gasteiger partial charge in [0.05, 0.1) is 19.8 Å². The molecule has 0 fully saturated rings. The van der Waals surface area contributed by atoms with Crippen LogP contribution in [-0.2, 0) is 32.7 Å². The number of allylic oxidation sites excluding steroid dienone is 2. The van der Waals surface area contributed by atoms with Gasteiger partial charge in [-0.3, -0.25) is 18.6 Å². The van der Waals surface area contributed by atoms with Crippen molar-refractivity contribution in [2.45, 2.75) is 251 Å². The summed E-state index contributed by atoms with van der Waals surface area (Å²) in [5.74, 6) is -0.921. The van der Waals surface area contributed by atoms with Crippen molar-refractivity contribution in [1.82, 2.24) is 0 Å². The molecule has 0 aromatic rings. The van der Waals surface area contributed by atoms with E-state index in [1.807, 2.05) is 0 Å². The largest absolute Gasteiger partial charge is 0.472 e. The number of hydrogen-bond donors (Lipinski definition) is 3. The third kappa shape index (κ3) is 42.8. The van der Waals surface area contributed by atoms with E-state index in [-0.39, 0.29) is 19.4 Å². The Morgan fingerprint density at radius 3 is 1.24 bits per heavy atom. The summed E-state index contributed by atoms with van der Waals surface area (Å²) in [5.41, 5.74) is 0. The second-order valence-electron chi connectivity index (χ2n) is 16.5. The molecule has 0 aliphatic heterocycles. The minimum Gasteiger partial charge on any atom is -0.462 e. The Hall–Kier alpha value is -1.29. The number of aliphatic hydroxyl groups is 2. The quantitative estimate of drug-likeness (QED) is 0.0234. The molecular weight excluding hydrogens is 755 g/mol. The number of carbonyl (C=O) groups is 2. The third-order valence-electron chi connectivity index (χ3n) is 10.7. The summed E-state index contributed by atoms with van der Waals surface area (Å²) in [7, 11) is -4.62. The Balaban J connectivity index is 4.15. The highest BCUT2D eigenvalue weighted by molar-refractivity contribution is 7.47. The van der Waals surface area contributed by atoms with Gasteiger partial charge in [-0.25, -0.2) is 4.57 Å². The molecule has 0 amide bonds. The zero-order valence-electron chi connectivity index (χ0n) is 37.5. The molecule has 3 atom stereocenters. The van der Waals surface area contributed by atoms with E-state index in [1.165, 1.54) is 141 Å². The topological polar surface area (TPSA) is 149 Å². The van der Waals surface area contributed by atoms with Gasteiger partial charge in [-0.15, -0.1) is 0 Å². The molecule has 0 heterocycles. The fourth-order valence-corrected chi connectivity index (χ4v) is 7.72. The van der Waals surface area contributed by atoms with Crippen molar-refractivity contribution in [3.63, 3.8) is 0 Å². The highest BCUT2D eigenvalue weighted by atomic mass is 31.2. The number of aliphatic hydroxyl groups excluding tert-OH is 2. The summed E-state index contributed by atoms with van der Waals surface area (Å²) in [6.45, 7) is 2.40. The Kier molecular flexibility index (Phi) is 42.8. The van der Waals surface area contributed by atoms with Crippen molar-refractivity contribution >= 4 is 19.8 Å². The van der Waals surface area contributed by atoms with Crippen LogP contribution in [0.15, 0.2) is 12.2 Å². The molecule has 0 aromatic carbocycles. The first kappa shape index (κ1) is 56.7. The Bertz CT molecular complexity index is 977. The van der Waals surface area contributed by atoms with Crippen LogP contribution in [0.4, 0.5) is 0 Å². The van der Waals surface area contributed by atoms with Crippen LogP contribution in [0.5, 0.6) is 0 Å². The zero-order valence-corrected chi connectivity index (χ0v) is 38.4. The van der Waals surface area contributed by atoms with Gasteiger partial charge in [0.2, 0.25) is 0 Å². The zero-order chi connectivity index (χ0) is 42.6. The van der Waals surface area contributed by atoms with Gasteiger partial charge >= 0.3 is 19.8 Å². The predicted octanol–water partition coefficient (Wildman–Crippen LogP) is 13.2. The maximum absolute atomic E-state index is 12.6. The minimum absolute atomic E-state index is 0.178. The monoisotopic (exact) mass is 847 g/mol. The summed E-state index contributed by atoms with van der Waals surface area (Å²) >= 11 is 0. The van der Waals surface area contributed by atoms with Gasteiger partial charge in [-0.1, -0.05) is 199 Å². The molecule has 0 radical (unpaired) electrons. The van der Waals surface area contributed by atoms with Gasteiger partial charge in [-0.05, 0) is 38.5 Å². The lowest BCUT2D eigenvalue weighted by molar-refractivity contribution is -0.161. The summed E-state index contributed by atoms with van der Waals surface area (Å²) < 4.78 is 32.8. The van der Waals surface area contributed by atoms with E-state index >= 15 is 0 Å². The number of carbonyl (C=O) groups excluding carboxylic acids is 2. The number of hydrogen-bond acceptors (Lipinski definition) is 9. The van der Waals surface area contributed by atoms with Crippen molar-refractivity contribution in [2.75, 3.05) is 26.4 Å². The molecule has 0 spiro atoms. The summed E-state index contributed by atoms with van der Waals surface area (Å²) in [4.78, 5) is 35.1. The average molecular weight is 847 g/mol. The fourth-order valence-electron chi connectivity index (χ4n) is 6.93. The van der Waals surface area contributed by atoms with Crippen LogP contribution in [0, 0.1) is 0 Å². The molecule has 0 aliphatic rings. The lowest BCUT2D eigenvalue weighted by Crippen LogP contribution is -2.29. The summed E-state index contributed by atoms with van der Waals surface area (Å²) in [6.07, 6.45) is 43.2. The molecule has 1 unspecified atom stereocenters. The second kappa shape index (κ2) is 43.8. The van der Waals surface area contributed by atoms with Crippen molar-refractivity contribution < 1.29 is 47.8 Å². The van der Waals surface area contributed by atoms with Crippen LogP contribution >= 0.6 is 7.82 Å². The van der Waals surface area contributed by atoms with Gasteiger partial charge in [0, 0.05) is 12.8 Å². The first-order valence-corrected chi connectivity index (χ1v) is 25.6. The number of esters is 2. The van der Waals surface area contributed by atoms with Gasteiger partial charge in [0.25, 0.3) is 0 Å². The van der Waals surface area contributed by atoms with E-state index in [0.717, 1.165) is 57.8 Å². The normalized spacial score (nSPS) is 13.8. The van der Waals surface area contributed by atoms with E-state index in [9.17, 15) is 24.2 Å². The lowest BCUT2D eigenvalue weighted by Gasteiger charge is -2.20. The highest BCUT2D eigenvalue weighted by Crippen LogP contribution is 2.43. The molecule has 344 valence electrons. The molecule has 0 aliphatic carbocycles. The maximum Gasteiger partial charge on any atom is 0.472 e. The van der Waals surface area contributed by atoms with E-state index < -0.39 is 51.8 Å². The maximum atomic E-state index is 12.6. The van der Waals surface area contributed by atoms with Crippen molar-refractivity contribution in [3.8, 4) is 0 Å². The molecule has 0 saturated heterocycles.